The zero-order chi connectivity index (χ0) is 11.2. The minimum absolute atomic E-state index is 0.735. The number of hydrogen-bond acceptors (Lipinski definition) is 3. The molecule has 1 N–H and O–H groups in total. The van der Waals surface area contributed by atoms with Gasteiger partial charge in [0.25, 0.3) is 0 Å². The molecule has 1 saturated heterocycles. The first-order valence-corrected chi connectivity index (χ1v) is 6.22. The lowest BCUT2D eigenvalue weighted by molar-refractivity contribution is 0.234. The first-order valence-electron chi connectivity index (χ1n) is 6.22. The molecule has 0 bridgehead atoms. The monoisotopic (exact) mass is 222 g/mol. The van der Waals surface area contributed by atoms with Crippen LogP contribution >= 0.6 is 0 Å². The van der Waals surface area contributed by atoms with E-state index in [0.717, 1.165) is 19.1 Å². The highest BCUT2D eigenvalue weighted by molar-refractivity contribution is 4.76. The van der Waals surface area contributed by atoms with Gasteiger partial charge in [0.1, 0.15) is 0 Å². The second-order valence-corrected chi connectivity index (χ2v) is 4.69. The Balaban J connectivity index is 1.55. The van der Waals surface area contributed by atoms with Gasteiger partial charge in [0.15, 0.2) is 0 Å². The Morgan fingerprint density at radius 2 is 2.19 bits per heavy atom. The Labute approximate surface area is 97.7 Å². The van der Waals surface area contributed by atoms with Gasteiger partial charge in [-0.1, -0.05) is 0 Å². The molecule has 1 aliphatic heterocycles. The lowest BCUT2D eigenvalue weighted by atomic mass is 10.1. The maximum absolute atomic E-state index is 4.04. The molecule has 0 saturated carbocycles. The third kappa shape index (κ3) is 3.61. The van der Waals surface area contributed by atoms with Crippen LogP contribution in [0.25, 0.3) is 0 Å². The van der Waals surface area contributed by atoms with Gasteiger partial charge in [-0.3, -0.25) is 0 Å². The molecule has 0 aromatic carbocycles. The molecular formula is C12H22N4. The van der Waals surface area contributed by atoms with E-state index < -0.39 is 0 Å². The zero-order valence-corrected chi connectivity index (χ0v) is 10.1. The fourth-order valence-electron chi connectivity index (χ4n) is 2.20. The van der Waals surface area contributed by atoms with Crippen molar-refractivity contribution >= 4 is 0 Å². The van der Waals surface area contributed by atoms with Gasteiger partial charge >= 0.3 is 0 Å². The largest absolute Gasteiger partial charge is 0.337 e. The van der Waals surface area contributed by atoms with Crippen molar-refractivity contribution in [1.82, 2.24) is 19.8 Å². The van der Waals surface area contributed by atoms with E-state index in [1.807, 2.05) is 18.7 Å². The summed E-state index contributed by atoms with van der Waals surface area (Å²) < 4.78 is 2.14. The first-order chi connectivity index (χ1) is 7.84. The second kappa shape index (κ2) is 6.01. The number of nitrogens with zero attached hydrogens (tertiary/aromatic N) is 3. The van der Waals surface area contributed by atoms with Crippen LogP contribution in [0.2, 0.25) is 0 Å². The molecule has 1 fully saturated rings. The molecule has 0 spiro atoms. The molecule has 4 heteroatoms. The molecule has 90 valence electrons. The number of nitrogens with one attached hydrogen (secondary N) is 1. The Morgan fingerprint density at radius 3 is 2.88 bits per heavy atom. The van der Waals surface area contributed by atoms with Gasteiger partial charge in [-0.05, 0) is 45.9 Å². The molecule has 0 atom stereocenters. The molecule has 4 nitrogen and oxygen atoms in total. The summed E-state index contributed by atoms with van der Waals surface area (Å²) in [7, 11) is 2.20. The van der Waals surface area contributed by atoms with E-state index in [-0.39, 0.29) is 0 Å². The number of imidazole rings is 1. The molecule has 2 heterocycles. The number of aromatic nitrogens is 2. The van der Waals surface area contributed by atoms with Crippen LogP contribution in [-0.2, 0) is 6.54 Å². The fraction of sp³-hybridized carbons (Fsp3) is 0.750. The van der Waals surface area contributed by atoms with Crippen LogP contribution in [0.5, 0.6) is 0 Å². The van der Waals surface area contributed by atoms with Crippen LogP contribution in [0.3, 0.4) is 0 Å². The maximum atomic E-state index is 4.04. The molecule has 16 heavy (non-hydrogen) atoms. The number of aryl methyl sites for hydroxylation is 1. The molecular weight excluding hydrogens is 200 g/mol. The number of piperidine rings is 1. The molecule has 1 aliphatic rings. The fourth-order valence-corrected chi connectivity index (χ4v) is 2.20. The van der Waals surface area contributed by atoms with E-state index in [1.54, 1.807) is 0 Å². The van der Waals surface area contributed by atoms with Gasteiger partial charge in [0, 0.05) is 25.0 Å². The minimum atomic E-state index is 0.735. The quantitative estimate of drug-likeness (QED) is 0.753. The van der Waals surface area contributed by atoms with Crippen molar-refractivity contribution in [3.05, 3.63) is 18.7 Å². The topological polar surface area (TPSA) is 33.1 Å². The van der Waals surface area contributed by atoms with Gasteiger partial charge in [-0.15, -0.1) is 0 Å². The van der Waals surface area contributed by atoms with E-state index in [9.17, 15) is 0 Å². The highest BCUT2D eigenvalue weighted by Crippen LogP contribution is 2.07. The van der Waals surface area contributed by atoms with Crippen LogP contribution < -0.4 is 5.32 Å². The molecule has 1 aromatic rings. The van der Waals surface area contributed by atoms with Gasteiger partial charge < -0.3 is 14.8 Å². The first kappa shape index (κ1) is 11.6. The van der Waals surface area contributed by atoms with Crippen molar-refractivity contribution in [3.63, 3.8) is 0 Å². The average Bonchev–Trinajstić information content (AvgIpc) is 2.80. The summed E-state index contributed by atoms with van der Waals surface area (Å²) in [6.45, 7) is 4.66. The van der Waals surface area contributed by atoms with Crippen LogP contribution in [0.1, 0.15) is 19.3 Å². The second-order valence-electron chi connectivity index (χ2n) is 4.69. The van der Waals surface area contributed by atoms with E-state index >= 15 is 0 Å². The molecule has 0 aliphatic carbocycles. The smallest absolute Gasteiger partial charge is 0.0945 e. The van der Waals surface area contributed by atoms with E-state index in [1.165, 1.54) is 32.4 Å². The summed E-state index contributed by atoms with van der Waals surface area (Å²) in [4.78, 5) is 6.44. The highest BCUT2D eigenvalue weighted by Gasteiger charge is 2.15. The van der Waals surface area contributed by atoms with Crippen molar-refractivity contribution in [2.24, 2.45) is 0 Å². The normalized spacial score (nSPS) is 19.1. The van der Waals surface area contributed by atoms with Crippen molar-refractivity contribution in [1.29, 1.82) is 0 Å². The predicted molar refractivity (Wildman–Crippen MR) is 65.4 cm³/mol. The van der Waals surface area contributed by atoms with Gasteiger partial charge in [-0.25, -0.2) is 4.98 Å². The summed E-state index contributed by atoms with van der Waals surface area (Å²) in [6, 6.07) is 0.735. The highest BCUT2D eigenvalue weighted by atomic mass is 15.1. The molecule has 0 unspecified atom stereocenters. The predicted octanol–water partition coefficient (Wildman–Crippen LogP) is 0.957. The maximum Gasteiger partial charge on any atom is 0.0945 e. The number of rotatable bonds is 5. The van der Waals surface area contributed by atoms with Crippen molar-refractivity contribution in [2.45, 2.75) is 31.8 Å². The lowest BCUT2D eigenvalue weighted by Crippen LogP contribution is -2.41. The van der Waals surface area contributed by atoms with Crippen LogP contribution in [0, 0.1) is 0 Å². The van der Waals surface area contributed by atoms with Gasteiger partial charge in [0.2, 0.25) is 0 Å². The minimum Gasteiger partial charge on any atom is -0.337 e. The SMILES string of the molecule is CN1CCC(NCCCn2ccnc2)CC1. The molecule has 0 radical (unpaired) electrons. The van der Waals surface area contributed by atoms with E-state index in [4.69, 9.17) is 0 Å². The van der Waals surface area contributed by atoms with Gasteiger partial charge in [0.05, 0.1) is 6.33 Å². The van der Waals surface area contributed by atoms with Crippen LogP contribution in [-0.4, -0.2) is 47.2 Å². The van der Waals surface area contributed by atoms with E-state index in [2.05, 4.69) is 26.8 Å². The molecule has 0 amide bonds. The Morgan fingerprint density at radius 1 is 1.38 bits per heavy atom. The van der Waals surface area contributed by atoms with Crippen molar-refractivity contribution in [2.75, 3.05) is 26.7 Å². The standard InChI is InChI=1S/C12H22N4/c1-15-8-3-12(4-9-15)14-5-2-7-16-10-6-13-11-16/h6,10-12,14H,2-5,7-9H2,1H3. The number of hydrogen-bond donors (Lipinski definition) is 1. The molecule has 1 aromatic heterocycles. The summed E-state index contributed by atoms with van der Waals surface area (Å²) in [5, 5.41) is 3.64. The molecule has 2 rings (SSSR count). The Bertz CT molecular complexity index is 275. The van der Waals surface area contributed by atoms with Crippen LogP contribution in [0.4, 0.5) is 0 Å². The number of likely N-dealkylation sites (tertiary alicyclic amines) is 1. The summed E-state index contributed by atoms with van der Waals surface area (Å²) in [5.41, 5.74) is 0. The summed E-state index contributed by atoms with van der Waals surface area (Å²) >= 11 is 0. The van der Waals surface area contributed by atoms with Crippen LogP contribution in [0.15, 0.2) is 18.7 Å². The van der Waals surface area contributed by atoms with Crippen molar-refractivity contribution in [3.8, 4) is 0 Å². The zero-order valence-electron chi connectivity index (χ0n) is 10.1. The lowest BCUT2D eigenvalue weighted by Gasteiger charge is -2.29. The Kier molecular flexibility index (Phi) is 4.36. The van der Waals surface area contributed by atoms with Gasteiger partial charge in [-0.2, -0.15) is 0 Å². The Hall–Kier alpha value is -0.870. The van der Waals surface area contributed by atoms with Crippen molar-refractivity contribution < 1.29 is 0 Å². The average molecular weight is 222 g/mol. The summed E-state index contributed by atoms with van der Waals surface area (Å²) in [6.07, 6.45) is 9.52. The third-order valence-electron chi connectivity index (χ3n) is 3.30. The third-order valence-corrected chi connectivity index (χ3v) is 3.30. The summed E-state index contributed by atoms with van der Waals surface area (Å²) in [5.74, 6) is 0. The van der Waals surface area contributed by atoms with E-state index in [0.29, 0.717) is 0 Å².